The van der Waals surface area contributed by atoms with Gasteiger partial charge in [-0.05, 0) is 12.8 Å². The van der Waals surface area contributed by atoms with Crippen LogP contribution in [0.15, 0.2) is 0 Å². The Labute approximate surface area is 119 Å². The van der Waals surface area contributed by atoms with Gasteiger partial charge >= 0.3 is 8.80 Å². The van der Waals surface area contributed by atoms with Crippen molar-refractivity contribution in [3.05, 3.63) is 0 Å². The van der Waals surface area contributed by atoms with Crippen molar-refractivity contribution in [3.63, 3.8) is 0 Å². The summed E-state index contributed by atoms with van der Waals surface area (Å²) in [6.45, 7) is 2.24. The van der Waals surface area contributed by atoms with Crippen LogP contribution < -0.4 is 0 Å². The zero-order chi connectivity index (χ0) is 13.9. The fourth-order valence-corrected chi connectivity index (χ4v) is 4.40. The quantitative estimate of drug-likeness (QED) is 0.336. The predicted molar refractivity (Wildman–Crippen MR) is 82.4 cm³/mol. The van der Waals surface area contributed by atoms with Crippen molar-refractivity contribution in [3.8, 4) is 0 Å². The van der Waals surface area contributed by atoms with Gasteiger partial charge in [0.25, 0.3) is 0 Å². The van der Waals surface area contributed by atoms with Gasteiger partial charge in [0, 0.05) is 32.6 Å². The van der Waals surface area contributed by atoms with Gasteiger partial charge in [-0.1, -0.05) is 39.0 Å². The summed E-state index contributed by atoms with van der Waals surface area (Å²) in [7, 11) is 2.60. The Morgan fingerprint density at radius 1 is 0.889 bits per heavy atom. The molecule has 1 atom stereocenters. The van der Waals surface area contributed by atoms with Crippen LogP contribution in [0.2, 0.25) is 6.04 Å². The van der Waals surface area contributed by atoms with E-state index in [0.717, 1.165) is 12.5 Å². The topological polar surface area (TPSA) is 27.7 Å². The van der Waals surface area contributed by atoms with Gasteiger partial charge in [-0.3, -0.25) is 0 Å². The first-order valence-electron chi connectivity index (χ1n) is 6.97. The van der Waals surface area contributed by atoms with Crippen molar-refractivity contribution >= 4 is 21.4 Å². The average Bonchev–Trinajstić information content (AvgIpc) is 2.41. The van der Waals surface area contributed by atoms with E-state index >= 15 is 0 Å². The Morgan fingerprint density at radius 2 is 1.44 bits per heavy atom. The highest BCUT2D eigenvalue weighted by atomic mass is 32.1. The Bertz CT molecular complexity index is 181. The van der Waals surface area contributed by atoms with Gasteiger partial charge in [0.1, 0.15) is 0 Å². The number of hydrogen-bond acceptors (Lipinski definition) is 4. The fraction of sp³-hybridized carbons (Fsp3) is 1.00. The van der Waals surface area contributed by atoms with Crippen LogP contribution in [-0.4, -0.2) is 35.4 Å². The molecule has 0 aliphatic rings. The van der Waals surface area contributed by atoms with Crippen LogP contribution in [0, 0.1) is 0 Å². The van der Waals surface area contributed by atoms with Crippen LogP contribution in [0.25, 0.3) is 0 Å². The molecule has 0 aromatic heterocycles. The van der Waals surface area contributed by atoms with E-state index in [1.54, 1.807) is 21.3 Å². The van der Waals surface area contributed by atoms with E-state index in [9.17, 15) is 0 Å². The van der Waals surface area contributed by atoms with Gasteiger partial charge in [0.15, 0.2) is 0 Å². The molecule has 0 aliphatic heterocycles. The van der Waals surface area contributed by atoms with E-state index in [-0.39, 0.29) is 0 Å². The Hall–Kier alpha value is 0.447. The molecule has 18 heavy (non-hydrogen) atoms. The van der Waals surface area contributed by atoms with Crippen molar-refractivity contribution in [1.82, 2.24) is 0 Å². The SMILES string of the molecule is CCCCCCCC(S)CC[Si](OC)(OC)OC. The molecule has 0 saturated carbocycles. The first-order chi connectivity index (χ1) is 8.64. The van der Waals surface area contributed by atoms with E-state index < -0.39 is 8.80 Å². The molecular formula is C13H30O3SSi. The second kappa shape index (κ2) is 11.3. The fourth-order valence-electron chi connectivity index (χ4n) is 2.03. The summed E-state index contributed by atoms with van der Waals surface area (Å²) in [6.07, 6.45) is 8.77. The molecule has 0 heterocycles. The third kappa shape index (κ3) is 7.79. The molecule has 0 fully saturated rings. The van der Waals surface area contributed by atoms with Gasteiger partial charge < -0.3 is 13.3 Å². The molecule has 0 radical (unpaired) electrons. The maximum atomic E-state index is 5.40. The minimum absolute atomic E-state index is 0.430. The smallest absolute Gasteiger partial charge is 0.377 e. The largest absolute Gasteiger partial charge is 0.500 e. The Morgan fingerprint density at radius 3 is 1.94 bits per heavy atom. The summed E-state index contributed by atoms with van der Waals surface area (Å²) in [6, 6.07) is 0.847. The Kier molecular flexibility index (Phi) is 11.6. The van der Waals surface area contributed by atoms with Crippen molar-refractivity contribution < 1.29 is 13.3 Å². The van der Waals surface area contributed by atoms with Gasteiger partial charge in [0.2, 0.25) is 0 Å². The normalized spacial score (nSPS) is 13.8. The maximum Gasteiger partial charge on any atom is 0.500 e. The van der Waals surface area contributed by atoms with Crippen LogP contribution in [0.4, 0.5) is 0 Å². The molecule has 0 aromatic rings. The van der Waals surface area contributed by atoms with Crippen molar-refractivity contribution in [1.29, 1.82) is 0 Å². The first-order valence-corrected chi connectivity index (χ1v) is 9.42. The van der Waals surface area contributed by atoms with Crippen LogP contribution in [-0.2, 0) is 13.3 Å². The summed E-state index contributed by atoms with van der Waals surface area (Å²) in [5.74, 6) is 0. The molecule has 0 aliphatic carbocycles. The van der Waals surface area contributed by atoms with Crippen molar-refractivity contribution in [2.24, 2.45) is 0 Å². The molecule has 3 nitrogen and oxygen atoms in total. The number of unbranched alkanes of at least 4 members (excludes halogenated alkanes) is 4. The average molecular weight is 295 g/mol. The molecule has 0 amide bonds. The lowest BCUT2D eigenvalue weighted by molar-refractivity contribution is 0.123. The summed E-state index contributed by atoms with van der Waals surface area (Å²) in [5, 5.41) is 0.430. The molecule has 0 bridgehead atoms. The predicted octanol–water partition coefficient (Wildman–Crippen LogP) is 3.91. The maximum absolute atomic E-state index is 5.40. The standard InChI is InChI=1S/C13H30O3SSi/c1-5-6-7-8-9-10-13(17)11-12-18(14-2,15-3)16-4/h13,17H,5-12H2,1-4H3. The van der Waals surface area contributed by atoms with Crippen LogP contribution in [0.5, 0.6) is 0 Å². The number of thiol groups is 1. The summed E-state index contributed by atoms with van der Waals surface area (Å²) >= 11 is 4.64. The molecule has 0 spiro atoms. The highest BCUT2D eigenvalue weighted by Gasteiger charge is 2.37. The minimum atomic E-state index is -2.39. The van der Waals surface area contributed by atoms with E-state index in [1.807, 2.05) is 0 Å². The van der Waals surface area contributed by atoms with Crippen LogP contribution in [0.3, 0.4) is 0 Å². The lowest BCUT2D eigenvalue weighted by Gasteiger charge is -2.25. The molecule has 5 heteroatoms. The lowest BCUT2D eigenvalue weighted by atomic mass is 10.1. The summed E-state index contributed by atoms with van der Waals surface area (Å²) in [4.78, 5) is 0. The third-order valence-corrected chi connectivity index (χ3v) is 6.64. The molecule has 0 rings (SSSR count). The molecule has 0 N–H and O–H groups in total. The van der Waals surface area contributed by atoms with Gasteiger partial charge in [-0.2, -0.15) is 12.6 Å². The van der Waals surface area contributed by atoms with E-state index in [1.165, 1.54) is 38.5 Å². The summed E-state index contributed by atoms with van der Waals surface area (Å²) < 4.78 is 16.2. The van der Waals surface area contributed by atoms with Crippen LogP contribution >= 0.6 is 12.6 Å². The van der Waals surface area contributed by atoms with Gasteiger partial charge in [0.05, 0.1) is 0 Å². The number of hydrogen-bond donors (Lipinski definition) is 1. The molecule has 1 unspecified atom stereocenters. The molecular weight excluding hydrogens is 264 g/mol. The highest BCUT2D eigenvalue weighted by molar-refractivity contribution is 7.80. The highest BCUT2D eigenvalue weighted by Crippen LogP contribution is 2.21. The van der Waals surface area contributed by atoms with Gasteiger partial charge in [-0.15, -0.1) is 0 Å². The van der Waals surface area contributed by atoms with E-state index in [2.05, 4.69) is 19.6 Å². The second-order valence-corrected chi connectivity index (χ2v) is 8.51. The first kappa shape index (κ1) is 18.4. The zero-order valence-corrected chi connectivity index (χ0v) is 14.3. The molecule has 0 saturated heterocycles. The zero-order valence-electron chi connectivity index (χ0n) is 12.4. The van der Waals surface area contributed by atoms with E-state index in [4.69, 9.17) is 13.3 Å². The third-order valence-electron chi connectivity index (χ3n) is 3.36. The van der Waals surface area contributed by atoms with Crippen molar-refractivity contribution in [2.45, 2.75) is 63.2 Å². The number of rotatable bonds is 12. The molecule has 0 aromatic carbocycles. The van der Waals surface area contributed by atoms with Crippen LogP contribution in [0.1, 0.15) is 51.9 Å². The molecule has 110 valence electrons. The van der Waals surface area contributed by atoms with Crippen molar-refractivity contribution in [2.75, 3.05) is 21.3 Å². The Balaban J connectivity index is 3.71. The van der Waals surface area contributed by atoms with Gasteiger partial charge in [-0.25, -0.2) is 0 Å². The summed E-state index contributed by atoms with van der Waals surface area (Å²) in [5.41, 5.74) is 0. The minimum Gasteiger partial charge on any atom is -0.377 e. The lowest BCUT2D eigenvalue weighted by Crippen LogP contribution is -2.43. The second-order valence-electron chi connectivity index (χ2n) is 4.69. The van der Waals surface area contributed by atoms with E-state index in [0.29, 0.717) is 5.25 Å². The monoisotopic (exact) mass is 294 g/mol.